The highest BCUT2D eigenvalue weighted by Gasteiger charge is 2.17. The van der Waals surface area contributed by atoms with E-state index in [9.17, 15) is 9.59 Å². The molecule has 0 N–H and O–H groups in total. The molecule has 0 amide bonds. The largest absolute Gasteiger partial charge is 0.494 e. The zero-order valence-corrected chi connectivity index (χ0v) is 13.2. The van der Waals surface area contributed by atoms with Crippen LogP contribution in [0.2, 0.25) is 0 Å². The van der Waals surface area contributed by atoms with Crippen LogP contribution in [0.15, 0.2) is 36.5 Å². The number of hydrogen-bond donors (Lipinski definition) is 0. The van der Waals surface area contributed by atoms with Crippen LogP contribution in [-0.4, -0.2) is 23.7 Å². The van der Waals surface area contributed by atoms with E-state index in [1.165, 1.54) is 18.2 Å². The summed E-state index contributed by atoms with van der Waals surface area (Å²) in [5.41, 5.74) is 3.60. The van der Waals surface area contributed by atoms with Gasteiger partial charge in [0.25, 0.3) is 0 Å². The topological polar surface area (TPSA) is 56.3 Å². The standard InChI is InChI=1S/C19H19NO3/c1-23-18-6-3-11-20-19(18)17(22)10-9-16(21)15-8-7-13-4-2-5-14(13)12-15/h3,6-8,11-12H,2,4-5,9-10H2,1H3. The van der Waals surface area contributed by atoms with Crippen molar-refractivity contribution < 1.29 is 14.3 Å². The van der Waals surface area contributed by atoms with Crippen molar-refractivity contribution in [3.63, 3.8) is 0 Å². The minimum Gasteiger partial charge on any atom is -0.494 e. The van der Waals surface area contributed by atoms with Crippen molar-refractivity contribution in [3.05, 3.63) is 58.9 Å². The van der Waals surface area contributed by atoms with Gasteiger partial charge >= 0.3 is 0 Å². The van der Waals surface area contributed by atoms with Gasteiger partial charge in [-0.25, -0.2) is 4.98 Å². The van der Waals surface area contributed by atoms with Gasteiger partial charge in [0.15, 0.2) is 11.6 Å². The summed E-state index contributed by atoms with van der Waals surface area (Å²) in [6.07, 6.45) is 5.19. The van der Waals surface area contributed by atoms with E-state index in [0.29, 0.717) is 11.3 Å². The van der Waals surface area contributed by atoms with Crippen LogP contribution in [0.1, 0.15) is 51.2 Å². The molecule has 0 atom stereocenters. The van der Waals surface area contributed by atoms with E-state index in [4.69, 9.17) is 4.74 Å². The lowest BCUT2D eigenvalue weighted by Gasteiger charge is -2.06. The summed E-state index contributed by atoms with van der Waals surface area (Å²) in [5.74, 6) is 0.280. The van der Waals surface area contributed by atoms with E-state index >= 15 is 0 Å². The lowest BCUT2D eigenvalue weighted by molar-refractivity contribution is 0.0913. The number of fused-ring (bicyclic) bond motifs is 1. The summed E-state index contributed by atoms with van der Waals surface area (Å²) in [4.78, 5) is 28.6. The summed E-state index contributed by atoms with van der Waals surface area (Å²) >= 11 is 0. The fourth-order valence-electron chi connectivity index (χ4n) is 3.00. The molecule has 0 spiro atoms. The van der Waals surface area contributed by atoms with Crippen molar-refractivity contribution in [1.29, 1.82) is 0 Å². The van der Waals surface area contributed by atoms with Gasteiger partial charge in [0, 0.05) is 24.6 Å². The first kappa shape index (κ1) is 15.4. The number of Topliss-reactive ketones (excluding diaryl/α,β-unsaturated/α-hetero) is 2. The van der Waals surface area contributed by atoms with Gasteiger partial charge in [-0.2, -0.15) is 0 Å². The lowest BCUT2D eigenvalue weighted by Crippen LogP contribution is -2.08. The van der Waals surface area contributed by atoms with Crippen LogP contribution >= 0.6 is 0 Å². The average molecular weight is 309 g/mol. The Labute approximate surface area is 135 Å². The fourth-order valence-corrected chi connectivity index (χ4v) is 3.00. The Morgan fingerprint density at radius 1 is 1.09 bits per heavy atom. The van der Waals surface area contributed by atoms with Gasteiger partial charge in [0.05, 0.1) is 7.11 Å². The number of nitrogens with zero attached hydrogens (tertiary/aromatic N) is 1. The third kappa shape index (κ3) is 3.31. The molecule has 0 saturated carbocycles. The summed E-state index contributed by atoms with van der Waals surface area (Å²) < 4.78 is 5.14. The molecule has 0 bridgehead atoms. The van der Waals surface area contributed by atoms with E-state index in [2.05, 4.69) is 4.98 Å². The number of ketones is 2. The Balaban J connectivity index is 1.66. The normalized spacial score (nSPS) is 12.7. The van der Waals surface area contributed by atoms with Crippen molar-refractivity contribution in [2.24, 2.45) is 0 Å². The SMILES string of the molecule is COc1cccnc1C(=O)CCC(=O)c1ccc2c(c1)CCC2. The Bertz CT molecular complexity index is 752. The molecule has 0 radical (unpaired) electrons. The van der Waals surface area contributed by atoms with E-state index in [0.717, 1.165) is 19.3 Å². The van der Waals surface area contributed by atoms with Crippen LogP contribution in [0.5, 0.6) is 5.75 Å². The van der Waals surface area contributed by atoms with Crippen molar-refractivity contribution in [2.45, 2.75) is 32.1 Å². The third-order valence-electron chi connectivity index (χ3n) is 4.25. The van der Waals surface area contributed by atoms with Crippen LogP contribution < -0.4 is 4.74 Å². The molecule has 1 heterocycles. The van der Waals surface area contributed by atoms with Crippen molar-refractivity contribution in [1.82, 2.24) is 4.98 Å². The summed E-state index contributed by atoms with van der Waals surface area (Å²) in [5, 5.41) is 0. The molecule has 23 heavy (non-hydrogen) atoms. The number of carbonyl (C=O) groups excluding carboxylic acids is 2. The zero-order valence-electron chi connectivity index (χ0n) is 13.2. The van der Waals surface area contributed by atoms with Gasteiger partial charge in [-0.3, -0.25) is 9.59 Å². The maximum absolute atomic E-state index is 12.3. The molecule has 1 aliphatic rings. The second-order valence-corrected chi connectivity index (χ2v) is 5.74. The average Bonchev–Trinajstić information content (AvgIpc) is 3.06. The van der Waals surface area contributed by atoms with E-state index in [1.54, 1.807) is 18.3 Å². The highest BCUT2D eigenvalue weighted by atomic mass is 16.5. The first-order chi connectivity index (χ1) is 11.2. The number of hydrogen-bond acceptors (Lipinski definition) is 4. The third-order valence-corrected chi connectivity index (χ3v) is 4.25. The van der Waals surface area contributed by atoms with Crippen LogP contribution in [0.25, 0.3) is 0 Å². The highest BCUT2D eigenvalue weighted by Crippen LogP contribution is 2.24. The molecule has 118 valence electrons. The summed E-state index contributed by atoms with van der Waals surface area (Å²) in [6, 6.07) is 9.31. The van der Waals surface area contributed by atoms with Gasteiger partial charge in [0.1, 0.15) is 11.4 Å². The van der Waals surface area contributed by atoms with E-state index < -0.39 is 0 Å². The predicted octanol–water partition coefficient (Wildman–Crippen LogP) is 3.42. The van der Waals surface area contributed by atoms with Crippen LogP contribution in [0.3, 0.4) is 0 Å². The molecule has 0 saturated heterocycles. The molecular formula is C19H19NO3. The lowest BCUT2D eigenvalue weighted by atomic mass is 10.00. The molecular weight excluding hydrogens is 290 g/mol. The monoisotopic (exact) mass is 309 g/mol. The summed E-state index contributed by atoms with van der Waals surface area (Å²) in [6.45, 7) is 0. The minimum atomic E-state index is -0.169. The molecule has 1 aromatic carbocycles. The maximum atomic E-state index is 12.3. The molecule has 4 heteroatoms. The molecule has 4 nitrogen and oxygen atoms in total. The number of aromatic nitrogens is 1. The van der Waals surface area contributed by atoms with Crippen molar-refractivity contribution >= 4 is 11.6 Å². The Morgan fingerprint density at radius 2 is 1.87 bits per heavy atom. The second kappa shape index (κ2) is 6.73. The van der Waals surface area contributed by atoms with Crippen LogP contribution in [0, 0.1) is 0 Å². The first-order valence-electron chi connectivity index (χ1n) is 7.86. The van der Waals surface area contributed by atoms with Gasteiger partial charge in [-0.05, 0) is 48.6 Å². The van der Waals surface area contributed by atoms with Gasteiger partial charge in [-0.1, -0.05) is 12.1 Å². The molecule has 2 aromatic rings. The maximum Gasteiger partial charge on any atom is 0.185 e. The van der Waals surface area contributed by atoms with Gasteiger partial charge < -0.3 is 4.74 Å². The second-order valence-electron chi connectivity index (χ2n) is 5.74. The van der Waals surface area contributed by atoms with Gasteiger partial charge in [-0.15, -0.1) is 0 Å². The quantitative estimate of drug-likeness (QED) is 0.767. The van der Waals surface area contributed by atoms with Gasteiger partial charge in [0.2, 0.25) is 0 Å². The Morgan fingerprint density at radius 3 is 2.70 bits per heavy atom. The first-order valence-corrected chi connectivity index (χ1v) is 7.86. The number of ether oxygens (including phenoxy) is 1. The molecule has 0 fully saturated rings. The number of methoxy groups -OCH3 is 1. The highest BCUT2D eigenvalue weighted by molar-refractivity contribution is 6.02. The molecule has 0 aliphatic heterocycles. The van der Waals surface area contributed by atoms with Crippen molar-refractivity contribution in [3.8, 4) is 5.75 Å². The number of carbonyl (C=O) groups is 2. The minimum absolute atomic E-state index is 0.00273. The van der Waals surface area contributed by atoms with E-state index in [1.807, 2.05) is 18.2 Å². The number of benzene rings is 1. The van der Waals surface area contributed by atoms with Crippen LogP contribution in [0.4, 0.5) is 0 Å². The summed E-state index contributed by atoms with van der Waals surface area (Å²) in [7, 11) is 1.50. The van der Waals surface area contributed by atoms with Crippen LogP contribution in [-0.2, 0) is 12.8 Å². The number of aryl methyl sites for hydroxylation is 2. The molecule has 3 rings (SSSR count). The predicted molar refractivity (Wildman–Crippen MR) is 87.2 cm³/mol. The van der Waals surface area contributed by atoms with Crippen molar-refractivity contribution in [2.75, 3.05) is 7.11 Å². The number of rotatable bonds is 6. The molecule has 0 unspecified atom stereocenters. The van der Waals surface area contributed by atoms with E-state index in [-0.39, 0.29) is 30.1 Å². The Kier molecular flexibility index (Phi) is 4.51. The smallest absolute Gasteiger partial charge is 0.185 e. The fraction of sp³-hybridized carbons (Fsp3) is 0.316. The molecule has 1 aromatic heterocycles. The Hall–Kier alpha value is -2.49. The molecule has 1 aliphatic carbocycles. The zero-order chi connectivity index (χ0) is 16.2. The number of pyridine rings is 1.